The summed E-state index contributed by atoms with van der Waals surface area (Å²) >= 11 is 0. The van der Waals surface area contributed by atoms with Crippen LogP contribution in [0.5, 0.6) is 0 Å². The van der Waals surface area contributed by atoms with Crippen LogP contribution in [0.1, 0.15) is 39.5 Å². The molecule has 1 aliphatic carbocycles. The lowest BCUT2D eigenvalue weighted by Gasteiger charge is -2.32. The molecule has 1 aliphatic heterocycles. The molecule has 3 unspecified atom stereocenters. The van der Waals surface area contributed by atoms with Crippen molar-refractivity contribution < 1.29 is 9.53 Å². The van der Waals surface area contributed by atoms with E-state index < -0.39 is 0 Å². The average Bonchev–Trinajstić information content (AvgIpc) is 2.34. The van der Waals surface area contributed by atoms with Crippen LogP contribution in [-0.2, 0) is 9.53 Å². The molecule has 1 amide bonds. The van der Waals surface area contributed by atoms with Crippen LogP contribution in [0.25, 0.3) is 0 Å². The van der Waals surface area contributed by atoms with Crippen molar-refractivity contribution in [1.82, 2.24) is 10.6 Å². The van der Waals surface area contributed by atoms with Gasteiger partial charge in [0.1, 0.15) is 0 Å². The van der Waals surface area contributed by atoms with Crippen LogP contribution in [0.3, 0.4) is 0 Å². The number of carbonyl (C=O) groups is 1. The summed E-state index contributed by atoms with van der Waals surface area (Å²) in [6.45, 7) is 7.54. The summed E-state index contributed by atoms with van der Waals surface area (Å²) in [6, 6.07) is 0. The number of rotatable bonds is 6. The molecule has 0 radical (unpaired) electrons. The molecule has 110 valence electrons. The van der Waals surface area contributed by atoms with Crippen molar-refractivity contribution in [3.8, 4) is 0 Å². The lowest BCUT2D eigenvalue weighted by atomic mass is 9.88. The SMILES string of the molecule is CC1CCCCC1OCCNC(=O)C(C)C1CNC1. The van der Waals surface area contributed by atoms with E-state index in [0.29, 0.717) is 31.1 Å². The number of ether oxygens (including phenoxy) is 1. The van der Waals surface area contributed by atoms with E-state index in [9.17, 15) is 4.79 Å². The Morgan fingerprint density at radius 1 is 1.37 bits per heavy atom. The molecule has 0 aromatic heterocycles. The number of nitrogens with one attached hydrogen (secondary N) is 2. The zero-order valence-electron chi connectivity index (χ0n) is 12.3. The third kappa shape index (κ3) is 4.18. The largest absolute Gasteiger partial charge is 0.376 e. The topological polar surface area (TPSA) is 50.4 Å². The third-order valence-corrected chi connectivity index (χ3v) is 4.70. The zero-order valence-corrected chi connectivity index (χ0v) is 12.3. The molecule has 4 nitrogen and oxygen atoms in total. The van der Waals surface area contributed by atoms with Gasteiger partial charge in [0, 0.05) is 12.5 Å². The van der Waals surface area contributed by atoms with Crippen molar-refractivity contribution in [3.63, 3.8) is 0 Å². The first-order valence-electron chi connectivity index (χ1n) is 7.78. The third-order valence-electron chi connectivity index (χ3n) is 4.70. The molecule has 0 aromatic carbocycles. The van der Waals surface area contributed by atoms with Crippen LogP contribution in [0.4, 0.5) is 0 Å². The number of carbonyl (C=O) groups excluding carboxylic acids is 1. The van der Waals surface area contributed by atoms with Gasteiger partial charge in [-0.2, -0.15) is 0 Å². The molecule has 0 spiro atoms. The summed E-state index contributed by atoms with van der Waals surface area (Å²) in [5.74, 6) is 1.48. The van der Waals surface area contributed by atoms with Crippen molar-refractivity contribution in [2.24, 2.45) is 17.8 Å². The molecule has 0 aromatic rings. The maximum Gasteiger partial charge on any atom is 0.223 e. The van der Waals surface area contributed by atoms with E-state index in [1.165, 1.54) is 25.7 Å². The molecule has 2 rings (SSSR count). The lowest BCUT2D eigenvalue weighted by Crippen LogP contribution is -2.50. The summed E-state index contributed by atoms with van der Waals surface area (Å²) in [6.07, 6.45) is 5.48. The van der Waals surface area contributed by atoms with E-state index in [0.717, 1.165) is 13.1 Å². The summed E-state index contributed by atoms with van der Waals surface area (Å²) in [5.41, 5.74) is 0. The van der Waals surface area contributed by atoms with Gasteiger partial charge in [0.15, 0.2) is 0 Å². The highest BCUT2D eigenvalue weighted by atomic mass is 16.5. The summed E-state index contributed by atoms with van der Waals surface area (Å²) in [4.78, 5) is 11.9. The normalized spacial score (nSPS) is 29.6. The van der Waals surface area contributed by atoms with Gasteiger partial charge < -0.3 is 15.4 Å². The van der Waals surface area contributed by atoms with Crippen LogP contribution in [0.15, 0.2) is 0 Å². The molecule has 2 aliphatic rings. The minimum absolute atomic E-state index is 0.120. The molecule has 0 bridgehead atoms. The van der Waals surface area contributed by atoms with E-state index in [-0.39, 0.29) is 11.8 Å². The minimum atomic E-state index is 0.120. The molecule has 4 heteroatoms. The fourth-order valence-corrected chi connectivity index (χ4v) is 2.95. The molecule has 19 heavy (non-hydrogen) atoms. The smallest absolute Gasteiger partial charge is 0.223 e. The maximum absolute atomic E-state index is 11.9. The van der Waals surface area contributed by atoms with E-state index in [4.69, 9.17) is 4.74 Å². The Hall–Kier alpha value is -0.610. The van der Waals surface area contributed by atoms with E-state index in [1.807, 2.05) is 6.92 Å². The molecular formula is C15H28N2O2. The Labute approximate surface area is 116 Å². The second-order valence-corrected chi connectivity index (χ2v) is 6.17. The Balaban J connectivity index is 1.56. The molecule has 1 saturated heterocycles. The zero-order chi connectivity index (χ0) is 13.7. The molecule has 2 fully saturated rings. The Kier molecular flexibility index (Phi) is 5.64. The monoisotopic (exact) mass is 268 g/mol. The van der Waals surface area contributed by atoms with Gasteiger partial charge in [-0.3, -0.25) is 4.79 Å². The van der Waals surface area contributed by atoms with Crippen LogP contribution in [0.2, 0.25) is 0 Å². The first kappa shape index (κ1) is 14.8. The fraction of sp³-hybridized carbons (Fsp3) is 0.933. The maximum atomic E-state index is 11.9. The summed E-state index contributed by atoms with van der Waals surface area (Å²) in [5, 5.41) is 6.20. The first-order chi connectivity index (χ1) is 9.18. The quantitative estimate of drug-likeness (QED) is 0.719. The fourth-order valence-electron chi connectivity index (χ4n) is 2.95. The number of hydrogen-bond acceptors (Lipinski definition) is 3. The lowest BCUT2D eigenvalue weighted by molar-refractivity contribution is -0.127. The van der Waals surface area contributed by atoms with Crippen molar-refractivity contribution in [2.75, 3.05) is 26.2 Å². The van der Waals surface area contributed by atoms with Gasteiger partial charge in [-0.15, -0.1) is 0 Å². The van der Waals surface area contributed by atoms with Gasteiger partial charge in [0.2, 0.25) is 5.91 Å². The number of hydrogen-bond donors (Lipinski definition) is 2. The van der Waals surface area contributed by atoms with E-state index in [2.05, 4.69) is 17.6 Å². The van der Waals surface area contributed by atoms with E-state index >= 15 is 0 Å². The predicted molar refractivity (Wildman–Crippen MR) is 75.9 cm³/mol. The van der Waals surface area contributed by atoms with Crippen LogP contribution in [0, 0.1) is 17.8 Å². The standard InChI is InChI=1S/C15H28N2O2/c1-11-5-3-4-6-14(11)19-8-7-17-15(18)12(2)13-9-16-10-13/h11-14,16H,3-10H2,1-2H3,(H,17,18). The van der Waals surface area contributed by atoms with Gasteiger partial charge >= 0.3 is 0 Å². The highest BCUT2D eigenvalue weighted by Gasteiger charge is 2.28. The van der Waals surface area contributed by atoms with Crippen LogP contribution in [-0.4, -0.2) is 38.3 Å². The second kappa shape index (κ2) is 7.25. The Morgan fingerprint density at radius 2 is 2.11 bits per heavy atom. The summed E-state index contributed by atoms with van der Waals surface area (Å²) < 4.78 is 5.90. The van der Waals surface area contributed by atoms with E-state index in [1.54, 1.807) is 0 Å². The first-order valence-corrected chi connectivity index (χ1v) is 7.78. The minimum Gasteiger partial charge on any atom is -0.376 e. The van der Waals surface area contributed by atoms with Crippen molar-refractivity contribution in [2.45, 2.75) is 45.6 Å². The molecular weight excluding hydrogens is 240 g/mol. The van der Waals surface area contributed by atoms with Gasteiger partial charge in [0.25, 0.3) is 0 Å². The molecule has 1 heterocycles. The van der Waals surface area contributed by atoms with Gasteiger partial charge in [-0.05, 0) is 37.8 Å². The molecule has 2 N–H and O–H groups in total. The van der Waals surface area contributed by atoms with Gasteiger partial charge in [0.05, 0.1) is 12.7 Å². The van der Waals surface area contributed by atoms with Crippen LogP contribution < -0.4 is 10.6 Å². The van der Waals surface area contributed by atoms with Crippen LogP contribution >= 0.6 is 0 Å². The highest BCUT2D eigenvalue weighted by molar-refractivity contribution is 5.78. The highest BCUT2D eigenvalue weighted by Crippen LogP contribution is 2.26. The van der Waals surface area contributed by atoms with Crippen molar-refractivity contribution in [1.29, 1.82) is 0 Å². The van der Waals surface area contributed by atoms with Crippen molar-refractivity contribution >= 4 is 5.91 Å². The number of amides is 1. The molecule has 1 saturated carbocycles. The Bertz CT molecular complexity index is 292. The molecule has 3 atom stereocenters. The predicted octanol–water partition coefficient (Wildman–Crippen LogP) is 1.55. The Morgan fingerprint density at radius 3 is 2.74 bits per heavy atom. The second-order valence-electron chi connectivity index (χ2n) is 6.17. The van der Waals surface area contributed by atoms with Gasteiger partial charge in [-0.1, -0.05) is 26.7 Å². The van der Waals surface area contributed by atoms with Crippen molar-refractivity contribution in [3.05, 3.63) is 0 Å². The van der Waals surface area contributed by atoms with Gasteiger partial charge in [-0.25, -0.2) is 0 Å². The summed E-state index contributed by atoms with van der Waals surface area (Å²) in [7, 11) is 0. The average molecular weight is 268 g/mol.